The SMILES string of the molecule is CSc1ccc(C2Nc3c(C)ccc(C)c3C3C=CCC32)cc1. The van der Waals surface area contributed by atoms with Gasteiger partial charge < -0.3 is 5.32 Å². The molecule has 0 aromatic heterocycles. The zero-order valence-corrected chi connectivity index (χ0v) is 14.8. The van der Waals surface area contributed by atoms with E-state index in [4.69, 9.17) is 0 Å². The van der Waals surface area contributed by atoms with Crippen LogP contribution in [0, 0.1) is 19.8 Å². The summed E-state index contributed by atoms with van der Waals surface area (Å²) in [5.74, 6) is 1.18. The lowest BCUT2D eigenvalue weighted by Crippen LogP contribution is -2.30. The molecule has 118 valence electrons. The number of hydrogen-bond acceptors (Lipinski definition) is 2. The molecular weight excluding hydrogens is 298 g/mol. The normalized spacial score (nSPS) is 24.9. The van der Waals surface area contributed by atoms with Gasteiger partial charge >= 0.3 is 0 Å². The monoisotopic (exact) mass is 321 g/mol. The first-order valence-corrected chi connectivity index (χ1v) is 9.59. The van der Waals surface area contributed by atoms with Gasteiger partial charge in [0.1, 0.15) is 0 Å². The third-order valence-electron chi connectivity index (χ3n) is 5.42. The van der Waals surface area contributed by atoms with Crippen molar-refractivity contribution in [2.75, 3.05) is 11.6 Å². The molecule has 0 spiro atoms. The maximum absolute atomic E-state index is 3.88. The summed E-state index contributed by atoms with van der Waals surface area (Å²) in [6, 6.07) is 14.0. The first-order chi connectivity index (χ1) is 11.2. The smallest absolute Gasteiger partial charge is 0.0554 e. The number of anilines is 1. The first kappa shape index (κ1) is 14.9. The van der Waals surface area contributed by atoms with Gasteiger partial charge in [-0.2, -0.15) is 0 Å². The number of hydrogen-bond donors (Lipinski definition) is 1. The molecule has 23 heavy (non-hydrogen) atoms. The maximum atomic E-state index is 3.88. The maximum Gasteiger partial charge on any atom is 0.0554 e. The number of fused-ring (bicyclic) bond motifs is 3. The summed E-state index contributed by atoms with van der Waals surface area (Å²) in [4.78, 5) is 1.33. The van der Waals surface area contributed by atoms with Gasteiger partial charge in [-0.3, -0.25) is 0 Å². The Hall–Kier alpha value is -1.67. The number of thioether (sulfide) groups is 1. The molecule has 4 rings (SSSR count). The molecule has 1 heterocycles. The van der Waals surface area contributed by atoms with Crippen molar-refractivity contribution in [3.63, 3.8) is 0 Å². The lowest BCUT2D eigenvalue weighted by atomic mass is 9.75. The Balaban J connectivity index is 1.79. The molecular formula is C21H23NS. The van der Waals surface area contributed by atoms with Crippen molar-refractivity contribution in [3.05, 3.63) is 70.8 Å². The van der Waals surface area contributed by atoms with Gasteiger partial charge in [0.05, 0.1) is 6.04 Å². The van der Waals surface area contributed by atoms with E-state index in [1.54, 1.807) is 11.8 Å². The molecule has 3 atom stereocenters. The summed E-state index contributed by atoms with van der Waals surface area (Å²) in [5.41, 5.74) is 7.05. The number of allylic oxidation sites excluding steroid dienone is 2. The van der Waals surface area contributed by atoms with Crippen LogP contribution < -0.4 is 5.32 Å². The van der Waals surface area contributed by atoms with E-state index in [9.17, 15) is 0 Å². The van der Waals surface area contributed by atoms with E-state index in [-0.39, 0.29) is 0 Å². The van der Waals surface area contributed by atoms with Crippen molar-refractivity contribution >= 4 is 17.4 Å². The molecule has 2 heteroatoms. The highest BCUT2D eigenvalue weighted by Crippen LogP contribution is 2.51. The highest BCUT2D eigenvalue weighted by atomic mass is 32.2. The molecule has 0 fully saturated rings. The molecule has 0 amide bonds. The van der Waals surface area contributed by atoms with Crippen LogP contribution in [0.4, 0.5) is 5.69 Å². The molecule has 1 nitrogen and oxygen atoms in total. The minimum Gasteiger partial charge on any atom is -0.377 e. The summed E-state index contributed by atoms with van der Waals surface area (Å²) in [7, 11) is 0. The molecule has 3 unspecified atom stereocenters. The quantitative estimate of drug-likeness (QED) is 0.550. The van der Waals surface area contributed by atoms with Crippen LogP contribution in [0.15, 0.2) is 53.4 Å². The fraction of sp³-hybridized carbons (Fsp3) is 0.333. The van der Waals surface area contributed by atoms with E-state index in [0.717, 1.165) is 0 Å². The summed E-state index contributed by atoms with van der Waals surface area (Å²) >= 11 is 1.80. The van der Waals surface area contributed by atoms with Crippen molar-refractivity contribution in [2.45, 2.75) is 37.1 Å². The van der Waals surface area contributed by atoms with Gasteiger partial charge in [0.25, 0.3) is 0 Å². The predicted molar refractivity (Wildman–Crippen MR) is 100 cm³/mol. The van der Waals surface area contributed by atoms with Gasteiger partial charge in [0.15, 0.2) is 0 Å². The Bertz CT molecular complexity index is 760. The highest BCUT2D eigenvalue weighted by molar-refractivity contribution is 7.98. The zero-order valence-electron chi connectivity index (χ0n) is 14.0. The Labute approximate surface area is 143 Å². The molecule has 2 aromatic carbocycles. The number of benzene rings is 2. The molecule has 2 aromatic rings. The lowest BCUT2D eigenvalue weighted by molar-refractivity contribution is 0.424. The molecule has 2 aliphatic rings. The Morgan fingerprint density at radius 1 is 1.00 bits per heavy atom. The van der Waals surface area contributed by atoms with Crippen molar-refractivity contribution in [2.24, 2.45) is 5.92 Å². The topological polar surface area (TPSA) is 12.0 Å². The molecule has 1 aliphatic heterocycles. The zero-order chi connectivity index (χ0) is 16.0. The van der Waals surface area contributed by atoms with Crippen LogP contribution in [-0.2, 0) is 0 Å². The average molecular weight is 321 g/mol. The first-order valence-electron chi connectivity index (χ1n) is 8.36. The molecule has 0 saturated carbocycles. The minimum atomic E-state index is 0.402. The van der Waals surface area contributed by atoms with Gasteiger partial charge in [-0.25, -0.2) is 0 Å². The van der Waals surface area contributed by atoms with E-state index >= 15 is 0 Å². The van der Waals surface area contributed by atoms with Crippen LogP contribution in [-0.4, -0.2) is 6.26 Å². The molecule has 0 saturated heterocycles. The molecule has 1 N–H and O–H groups in total. The van der Waals surface area contributed by atoms with Crippen molar-refractivity contribution < 1.29 is 0 Å². The second-order valence-corrected chi connectivity index (χ2v) is 7.62. The average Bonchev–Trinajstić information content (AvgIpc) is 3.07. The summed E-state index contributed by atoms with van der Waals surface area (Å²) in [5, 5.41) is 3.88. The van der Waals surface area contributed by atoms with Gasteiger partial charge in [0.2, 0.25) is 0 Å². The van der Waals surface area contributed by atoms with Crippen molar-refractivity contribution in [1.29, 1.82) is 0 Å². The lowest BCUT2D eigenvalue weighted by Gasteiger charge is -2.39. The van der Waals surface area contributed by atoms with Gasteiger partial charge in [0, 0.05) is 16.5 Å². The van der Waals surface area contributed by atoms with Gasteiger partial charge in [-0.15, -0.1) is 11.8 Å². The third-order valence-corrected chi connectivity index (χ3v) is 6.16. The predicted octanol–water partition coefficient (Wildman–Crippen LogP) is 5.85. The second-order valence-electron chi connectivity index (χ2n) is 6.74. The van der Waals surface area contributed by atoms with Crippen molar-refractivity contribution in [1.82, 2.24) is 0 Å². The second kappa shape index (κ2) is 5.76. The fourth-order valence-corrected chi connectivity index (χ4v) is 4.59. The largest absolute Gasteiger partial charge is 0.377 e. The van der Waals surface area contributed by atoms with Crippen LogP contribution in [0.2, 0.25) is 0 Å². The fourth-order valence-electron chi connectivity index (χ4n) is 4.18. The standard InChI is InChI=1S/C21H23NS/c1-13-7-8-14(2)20-19(13)17-5-4-6-18(17)21(22-20)15-9-11-16(23-3)12-10-15/h4-5,7-12,17-18,21-22H,6H2,1-3H3. The summed E-state index contributed by atoms with van der Waals surface area (Å²) in [6.45, 7) is 4.47. The molecule has 1 aliphatic carbocycles. The van der Waals surface area contributed by atoms with Gasteiger partial charge in [-0.1, -0.05) is 36.4 Å². The van der Waals surface area contributed by atoms with Crippen LogP contribution in [0.25, 0.3) is 0 Å². The number of nitrogens with one attached hydrogen (secondary N) is 1. The Kier molecular flexibility index (Phi) is 3.73. The van der Waals surface area contributed by atoms with E-state index in [2.05, 4.69) is 74.0 Å². The highest BCUT2D eigenvalue weighted by Gasteiger charge is 2.39. The summed E-state index contributed by atoms with van der Waals surface area (Å²) < 4.78 is 0. The van der Waals surface area contributed by atoms with Crippen LogP contribution in [0.3, 0.4) is 0 Å². The van der Waals surface area contributed by atoms with Crippen LogP contribution in [0.1, 0.15) is 40.6 Å². The summed E-state index contributed by atoms with van der Waals surface area (Å²) in [6.07, 6.45) is 8.10. The molecule has 0 radical (unpaired) electrons. The van der Waals surface area contributed by atoms with Gasteiger partial charge in [-0.05, 0) is 66.8 Å². The van der Waals surface area contributed by atoms with Crippen LogP contribution >= 0.6 is 11.8 Å². The van der Waals surface area contributed by atoms with E-state index in [1.807, 2.05) is 0 Å². The molecule has 0 bridgehead atoms. The Morgan fingerprint density at radius 2 is 1.74 bits per heavy atom. The minimum absolute atomic E-state index is 0.402. The van der Waals surface area contributed by atoms with E-state index < -0.39 is 0 Å². The Morgan fingerprint density at radius 3 is 2.48 bits per heavy atom. The van der Waals surface area contributed by atoms with E-state index in [0.29, 0.717) is 17.9 Å². The van der Waals surface area contributed by atoms with Crippen molar-refractivity contribution in [3.8, 4) is 0 Å². The third kappa shape index (κ3) is 2.40. The van der Waals surface area contributed by atoms with Crippen LogP contribution in [0.5, 0.6) is 0 Å². The van der Waals surface area contributed by atoms with E-state index in [1.165, 1.54) is 39.3 Å². The number of aryl methyl sites for hydroxylation is 2. The number of rotatable bonds is 2.